The van der Waals surface area contributed by atoms with Crippen LogP contribution in [0.4, 0.5) is 4.39 Å². The van der Waals surface area contributed by atoms with E-state index in [2.05, 4.69) is 10.00 Å². The molecule has 29 heavy (non-hydrogen) atoms. The molecular weight excluding hydrogens is 389 g/mol. The summed E-state index contributed by atoms with van der Waals surface area (Å²) >= 11 is 6.09. The van der Waals surface area contributed by atoms with Gasteiger partial charge in [0.2, 0.25) is 0 Å². The fourth-order valence-corrected chi connectivity index (χ4v) is 4.45. The Bertz CT molecular complexity index is 959. The van der Waals surface area contributed by atoms with Gasteiger partial charge in [0, 0.05) is 35.3 Å². The van der Waals surface area contributed by atoms with Gasteiger partial charge >= 0.3 is 0 Å². The number of likely N-dealkylation sites (tertiary alicyclic amines) is 1. The zero-order valence-corrected chi connectivity index (χ0v) is 17.0. The van der Waals surface area contributed by atoms with Gasteiger partial charge in [-0.2, -0.15) is 5.10 Å². The van der Waals surface area contributed by atoms with Gasteiger partial charge in [0.15, 0.2) is 0 Å². The zero-order chi connectivity index (χ0) is 20.3. The first-order valence-corrected chi connectivity index (χ1v) is 10.3. The number of hydrogen-bond donors (Lipinski definition) is 1. The lowest BCUT2D eigenvalue weighted by molar-refractivity contribution is 0.0288. The molecule has 0 saturated carbocycles. The first-order valence-electron chi connectivity index (χ1n) is 9.92. The number of aliphatic hydroxyl groups is 1. The second kappa shape index (κ2) is 8.66. The molecule has 4 nitrogen and oxygen atoms in total. The lowest BCUT2D eigenvalue weighted by Gasteiger charge is -2.42. The number of aromatic nitrogens is 2. The van der Waals surface area contributed by atoms with E-state index >= 15 is 0 Å². The summed E-state index contributed by atoms with van der Waals surface area (Å²) in [6, 6.07) is 14.2. The van der Waals surface area contributed by atoms with Crippen molar-refractivity contribution in [3.63, 3.8) is 0 Å². The lowest BCUT2D eigenvalue weighted by atomic mass is 9.75. The molecule has 1 N–H and O–H groups in total. The molecule has 0 bridgehead atoms. The molecule has 3 aromatic rings. The molecule has 1 atom stereocenters. The van der Waals surface area contributed by atoms with Crippen molar-refractivity contribution in [3.8, 4) is 5.69 Å². The summed E-state index contributed by atoms with van der Waals surface area (Å²) in [6.45, 7) is 2.71. The Labute approximate surface area is 175 Å². The smallest absolute Gasteiger partial charge is 0.123 e. The van der Waals surface area contributed by atoms with Gasteiger partial charge in [-0.25, -0.2) is 9.07 Å². The molecular formula is C23H25ClFN3O. The molecule has 2 heterocycles. The third-order valence-electron chi connectivity index (χ3n) is 5.68. The van der Waals surface area contributed by atoms with E-state index < -0.39 is 0 Å². The minimum absolute atomic E-state index is 0.128. The second-order valence-corrected chi connectivity index (χ2v) is 8.49. The van der Waals surface area contributed by atoms with Gasteiger partial charge < -0.3 is 5.11 Å². The van der Waals surface area contributed by atoms with Crippen molar-refractivity contribution in [3.05, 3.63) is 82.9 Å². The van der Waals surface area contributed by atoms with Crippen LogP contribution in [0.2, 0.25) is 5.02 Å². The van der Waals surface area contributed by atoms with Crippen molar-refractivity contribution in [1.82, 2.24) is 14.7 Å². The number of rotatable bonds is 6. The maximum Gasteiger partial charge on any atom is 0.123 e. The highest BCUT2D eigenvalue weighted by Crippen LogP contribution is 2.34. The van der Waals surface area contributed by atoms with Gasteiger partial charge in [-0.05, 0) is 61.7 Å². The molecule has 0 radical (unpaired) electrons. The van der Waals surface area contributed by atoms with Gasteiger partial charge in [-0.15, -0.1) is 0 Å². The SMILES string of the molecule is OC[C@]1(Cc2ccc(F)cc2)CCCN(Cc2cnn(-c3cccc(Cl)c3)c2)C1. The predicted octanol–water partition coefficient (Wildman–Crippen LogP) is 4.48. The molecule has 6 heteroatoms. The van der Waals surface area contributed by atoms with Crippen LogP contribution in [0, 0.1) is 11.2 Å². The van der Waals surface area contributed by atoms with E-state index in [1.165, 1.54) is 12.1 Å². The summed E-state index contributed by atoms with van der Waals surface area (Å²) in [4.78, 5) is 2.38. The number of nitrogens with zero attached hydrogens (tertiary/aromatic N) is 3. The van der Waals surface area contributed by atoms with Crippen LogP contribution in [0.1, 0.15) is 24.0 Å². The van der Waals surface area contributed by atoms with Crippen molar-refractivity contribution >= 4 is 11.6 Å². The third kappa shape index (κ3) is 4.86. The minimum atomic E-state index is -0.228. The Kier molecular flexibility index (Phi) is 5.99. The summed E-state index contributed by atoms with van der Waals surface area (Å²) in [5, 5.41) is 15.3. The Morgan fingerprint density at radius 3 is 2.72 bits per heavy atom. The van der Waals surface area contributed by atoms with Gasteiger partial charge in [0.25, 0.3) is 0 Å². The number of halogens is 2. The lowest BCUT2D eigenvalue weighted by Crippen LogP contribution is -2.46. The fourth-order valence-electron chi connectivity index (χ4n) is 4.27. The highest BCUT2D eigenvalue weighted by molar-refractivity contribution is 6.30. The molecule has 1 aliphatic heterocycles. The average molecular weight is 414 g/mol. The molecule has 1 saturated heterocycles. The standard InChI is InChI=1S/C23H25ClFN3O/c24-20-3-1-4-22(11-20)28-15-19(13-26-28)14-27-10-2-9-23(16-27,17-29)12-18-5-7-21(25)8-6-18/h1,3-8,11,13,15,29H,2,9-10,12,14,16-17H2/t23-/m0/s1. The minimum Gasteiger partial charge on any atom is -0.396 e. The fraction of sp³-hybridized carbons (Fsp3) is 0.348. The molecule has 2 aromatic carbocycles. The van der Waals surface area contributed by atoms with Crippen LogP contribution in [0.15, 0.2) is 60.9 Å². The number of benzene rings is 2. The Balaban J connectivity index is 1.45. The van der Waals surface area contributed by atoms with E-state index in [1.54, 1.807) is 0 Å². The molecule has 0 spiro atoms. The van der Waals surface area contributed by atoms with Crippen LogP contribution in [0.3, 0.4) is 0 Å². The van der Waals surface area contributed by atoms with Gasteiger partial charge in [0.05, 0.1) is 18.5 Å². The Morgan fingerprint density at radius 1 is 1.14 bits per heavy atom. The molecule has 4 rings (SSSR count). The zero-order valence-electron chi connectivity index (χ0n) is 16.3. The van der Waals surface area contributed by atoms with Crippen LogP contribution < -0.4 is 0 Å². The summed E-state index contributed by atoms with van der Waals surface area (Å²) in [5.41, 5.74) is 2.93. The largest absolute Gasteiger partial charge is 0.396 e. The van der Waals surface area contributed by atoms with E-state index in [4.69, 9.17) is 11.6 Å². The highest BCUT2D eigenvalue weighted by Gasteiger charge is 2.35. The van der Waals surface area contributed by atoms with Crippen molar-refractivity contribution in [2.75, 3.05) is 19.7 Å². The van der Waals surface area contributed by atoms with Crippen molar-refractivity contribution in [2.24, 2.45) is 5.41 Å². The van der Waals surface area contributed by atoms with Crippen molar-refractivity contribution in [1.29, 1.82) is 0 Å². The number of hydrogen-bond acceptors (Lipinski definition) is 3. The van der Waals surface area contributed by atoms with Crippen LogP contribution in [-0.2, 0) is 13.0 Å². The van der Waals surface area contributed by atoms with E-state index in [-0.39, 0.29) is 17.8 Å². The molecule has 0 amide bonds. The van der Waals surface area contributed by atoms with Gasteiger partial charge in [-0.1, -0.05) is 29.8 Å². The van der Waals surface area contributed by atoms with Crippen LogP contribution >= 0.6 is 11.6 Å². The second-order valence-electron chi connectivity index (χ2n) is 8.05. The van der Waals surface area contributed by atoms with E-state index in [0.29, 0.717) is 5.02 Å². The quantitative estimate of drug-likeness (QED) is 0.647. The molecule has 0 aliphatic carbocycles. The first kappa shape index (κ1) is 20.1. The number of piperidine rings is 1. The summed E-state index contributed by atoms with van der Waals surface area (Å²) in [7, 11) is 0. The Morgan fingerprint density at radius 2 is 1.97 bits per heavy atom. The molecule has 0 unspecified atom stereocenters. The van der Waals surface area contributed by atoms with Crippen molar-refractivity contribution in [2.45, 2.75) is 25.8 Å². The predicted molar refractivity (Wildman–Crippen MR) is 113 cm³/mol. The highest BCUT2D eigenvalue weighted by atomic mass is 35.5. The number of aliphatic hydroxyl groups excluding tert-OH is 1. The van der Waals surface area contributed by atoms with Crippen LogP contribution in [0.25, 0.3) is 5.69 Å². The molecule has 1 fully saturated rings. The summed E-state index contributed by atoms with van der Waals surface area (Å²) in [6.07, 6.45) is 6.67. The maximum absolute atomic E-state index is 13.2. The van der Waals surface area contributed by atoms with Crippen LogP contribution in [0.5, 0.6) is 0 Å². The topological polar surface area (TPSA) is 41.3 Å². The van der Waals surface area contributed by atoms with Crippen molar-refractivity contribution < 1.29 is 9.50 Å². The van der Waals surface area contributed by atoms with E-state index in [0.717, 1.165) is 55.7 Å². The maximum atomic E-state index is 13.2. The summed E-state index contributed by atoms with van der Waals surface area (Å²) < 4.78 is 15.1. The normalized spacial score (nSPS) is 20.1. The van der Waals surface area contributed by atoms with E-state index in [9.17, 15) is 9.50 Å². The average Bonchev–Trinajstić information content (AvgIpc) is 3.18. The molecule has 1 aromatic heterocycles. The van der Waals surface area contributed by atoms with Crippen LogP contribution in [-0.4, -0.2) is 39.5 Å². The molecule has 1 aliphatic rings. The Hall–Kier alpha value is -2.21. The molecule has 152 valence electrons. The van der Waals surface area contributed by atoms with Gasteiger partial charge in [0.1, 0.15) is 5.82 Å². The first-order chi connectivity index (χ1) is 14.0. The monoisotopic (exact) mass is 413 g/mol. The van der Waals surface area contributed by atoms with Gasteiger partial charge in [-0.3, -0.25) is 4.90 Å². The third-order valence-corrected chi connectivity index (χ3v) is 5.92. The summed E-state index contributed by atoms with van der Waals surface area (Å²) in [5.74, 6) is -0.228. The van der Waals surface area contributed by atoms with E-state index in [1.807, 2.05) is 53.5 Å².